The number of hydrogen-bond donors (Lipinski definition) is 0. The van der Waals surface area contributed by atoms with Crippen molar-refractivity contribution in [2.75, 3.05) is 48.8 Å². The van der Waals surface area contributed by atoms with E-state index in [1.54, 1.807) is 119 Å². The molecule has 0 spiro atoms. The van der Waals surface area contributed by atoms with Crippen LogP contribution in [0.15, 0.2) is 188 Å². The van der Waals surface area contributed by atoms with E-state index in [0.29, 0.717) is 23.0 Å². The molecule has 0 amide bonds. The van der Waals surface area contributed by atoms with Gasteiger partial charge in [0.15, 0.2) is 30.9 Å². The van der Waals surface area contributed by atoms with Crippen molar-refractivity contribution < 1.29 is 85.4 Å². The Balaban J connectivity index is 1.10. The summed E-state index contributed by atoms with van der Waals surface area (Å²) in [5.41, 5.74) is 3.85. The van der Waals surface area contributed by atoms with E-state index in [1.165, 1.54) is 7.11 Å². The minimum Gasteiger partial charge on any atom is -0.497 e. The van der Waals surface area contributed by atoms with Crippen molar-refractivity contribution in [1.29, 1.82) is 0 Å². The Morgan fingerprint density at radius 1 is 0.333 bits per heavy atom. The third-order valence-electron chi connectivity index (χ3n) is 14.1. The SMILES string of the molecule is COc1ccc(COC[C@H]2O[C@@H](OC[C@H]3O[C@H](OC)[C@H](OC(=O)c4ccccc4)[C@@H](OC(=O)c4ccccc4)[C@@H]3OC(=O)c3ccccc3)[C@H](OCc3ccc(OC)cc3)[C@@H](OCc3ccc(OC)cc3)[C@@H]2OCc2ccc(OC)cc2)cc1. The first-order valence-corrected chi connectivity index (χ1v) is 27.3. The monoisotopic (exact) mass is 1150 g/mol. The van der Waals surface area contributed by atoms with Crippen molar-refractivity contribution in [3.63, 3.8) is 0 Å². The summed E-state index contributed by atoms with van der Waals surface area (Å²) in [5, 5.41) is 0. The zero-order valence-corrected chi connectivity index (χ0v) is 47.3. The second-order valence-corrected chi connectivity index (χ2v) is 19.6. The van der Waals surface area contributed by atoms with E-state index in [-0.39, 0.29) is 49.7 Å². The highest BCUT2D eigenvalue weighted by atomic mass is 16.8. The van der Waals surface area contributed by atoms with Crippen LogP contribution in [0.25, 0.3) is 0 Å². The van der Waals surface area contributed by atoms with E-state index >= 15 is 0 Å². The van der Waals surface area contributed by atoms with Crippen LogP contribution in [0.4, 0.5) is 0 Å². The average molecular weight is 1150 g/mol. The van der Waals surface area contributed by atoms with E-state index in [1.807, 2.05) is 97.1 Å². The molecule has 18 heteroatoms. The Labute approximate surface area is 488 Å². The predicted molar refractivity (Wildman–Crippen MR) is 305 cm³/mol. The van der Waals surface area contributed by atoms with E-state index in [9.17, 15) is 14.4 Å². The maximum atomic E-state index is 14.3. The second kappa shape index (κ2) is 30.4. The van der Waals surface area contributed by atoms with Gasteiger partial charge in [-0.3, -0.25) is 0 Å². The van der Waals surface area contributed by atoms with Crippen LogP contribution in [0.2, 0.25) is 0 Å². The van der Waals surface area contributed by atoms with Crippen molar-refractivity contribution in [3.8, 4) is 23.0 Å². The number of carbonyl (C=O) groups excluding carboxylic acids is 3. The number of hydrogen-bond acceptors (Lipinski definition) is 18. The average Bonchev–Trinajstić information content (AvgIpc) is 3.47. The number of esters is 3. The van der Waals surface area contributed by atoms with Gasteiger partial charge in [-0.2, -0.15) is 0 Å². The second-order valence-electron chi connectivity index (χ2n) is 19.6. The molecule has 0 radical (unpaired) electrons. The van der Waals surface area contributed by atoms with Gasteiger partial charge in [0.25, 0.3) is 0 Å². The topological polar surface area (TPSA) is 190 Å². The van der Waals surface area contributed by atoms with Crippen molar-refractivity contribution in [2.24, 2.45) is 0 Å². The molecule has 0 N–H and O–H groups in total. The van der Waals surface area contributed by atoms with Gasteiger partial charge >= 0.3 is 17.9 Å². The Morgan fingerprint density at radius 2 is 0.679 bits per heavy atom. The summed E-state index contributed by atoms with van der Waals surface area (Å²) in [5.74, 6) is 0.298. The van der Waals surface area contributed by atoms with Crippen LogP contribution >= 0.6 is 0 Å². The van der Waals surface area contributed by atoms with Crippen LogP contribution in [0.5, 0.6) is 23.0 Å². The fraction of sp³-hybridized carbons (Fsp3) is 0.318. The molecule has 2 aliphatic rings. The van der Waals surface area contributed by atoms with Crippen LogP contribution in [-0.2, 0) is 78.5 Å². The van der Waals surface area contributed by atoms with E-state index in [0.717, 1.165) is 22.3 Å². The van der Waals surface area contributed by atoms with Gasteiger partial charge in [-0.25, -0.2) is 14.4 Å². The van der Waals surface area contributed by atoms with E-state index < -0.39 is 85.9 Å². The third kappa shape index (κ3) is 16.1. The number of carbonyl (C=O) groups is 3. The molecule has 10 atom stereocenters. The molecule has 440 valence electrons. The van der Waals surface area contributed by atoms with Gasteiger partial charge in [-0.05, 0) is 107 Å². The summed E-state index contributed by atoms with van der Waals surface area (Å²) in [6, 6.07) is 54.6. The van der Waals surface area contributed by atoms with Gasteiger partial charge in [-0.15, -0.1) is 0 Å². The quantitative estimate of drug-likeness (QED) is 0.0349. The predicted octanol–water partition coefficient (Wildman–Crippen LogP) is 9.78. The lowest BCUT2D eigenvalue weighted by atomic mass is 9.96. The van der Waals surface area contributed by atoms with Crippen LogP contribution in [0, 0.1) is 0 Å². The summed E-state index contributed by atoms with van der Waals surface area (Å²) < 4.78 is 94.5. The van der Waals surface area contributed by atoms with Gasteiger partial charge < -0.3 is 71.1 Å². The maximum absolute atomic E-state index is 14.3. The summed E-state index contributed by atoms with van der Waals surface area (Å²) in [4.78, 5) is 42.6. The number of benzene rings is 7. The van der Waals surface area contributed by atoms with Gasteiger partial charge in [-0.1, -0.05) is 103 Å². The highest BCUT2D eigenvalue weighted by Gasteiger charge is 2.55. The molecule has 0 aliphatic carbocycles. The first-order valence-electron chi connectivity index (χ1n) is 27.3. The third-order valence-corrected chi connectivity index (χ3v) is 14.1. The molecule has 0 unspecified atom stereocenters. The highest BCUT2D eigenvalue weighted by Crippen LogP contribution is 2.36. The molecule has 0 aromatic heterocycles. The van der Waals surface area contributed by atoms with Crippen LogP contribution < -0.4 is 18.9 Å². The molecule has 2 aliphatic heterocycles. The molecule has 9 rings (SSSR count). The molecule has 84 heavy (non-hydrogen) atoms. The first-order chi connectivity index (χ1) is 41.1. The number of rotatable bonds is 27. The minimum atomic E-state index is -1.56. The van der Waals surface area contributed by atoms with Crippen molar-refractivity contribution in [2.45, 2.75) is 87.8 Å². The lowest BCUT2D eigenvalue weighted by Crippen LogP contribution is -2.64. The van der Waals surface area contributed by atoms with Gasteiger partial charge in [0, 0.05) is 7.11 Å². The normalized spacial score (nSPS) is 22.0. The Kier molecular flexibility index (Phi) is 21.9. The molecule has 2 heterocycles. The molecular formula is C66H68O18. The molecular weight excluding hydrogens is 1080 g/mol. The first kappa shape index (κ1) is 60.4. The summed E-state index contributed by atoms with van der Waals surface area (Å²) in [6.07, 6.45) is -12.5. The van der Waals surface area contributed by atoms with Crippen molar-refractivity contribution >= 4 is 17.9 Å². The fourth-order valence-corrected chi connectivity index (χ4v) is 9.56. The summed E-state index contributed by atoms with van der Waals surface area (Å²) >= 11 is 0. The summed E-state index contributed by atoms with van der Waals surface area (Å²) in [7, 11) is 7.74. The van der Waals surface area contributed by atoms with Crippen LogP contribution in [-0.4, -0.2) is 128 Å². The van der Waals surface area contributed by atoms with Crippen molar-refractivity contribution in [3.05, 3.63) is 227 Å². The summed E-state index contributed by atoms with van der Waals surface area (Å²) in [6.45, 7) is -0.0195. The van der Waals surface area contributed by atoms with Crippen molar-refractivity contribution in [1.82, 2.24) is 0 Å². The molecule has 0 saturated carbocycles. The van der Waals surface area contributed by atoms with Gasteiger partial charge in [0.1, 0.15) is 53.5 Å². The zero-order chi connectivity index (χ0) is 58.6. The highest BCUT2D eigenvalue weighted by molar-refractivity contribution is 5.91. The molecule has 18 nitrogen and oxygen atoms in total. The number of ether oxygens (including phenoxy) is 15. The lowest BCUT2D eigenvalue weighted by Gasteiger charge is -2.47. The molecule has 2 fully saturated rings. The minimum absolute atomic E-state index is 0.0261. The van der Waals surface area contributed by atoms with Gasteiger partial charge in [0.05, 0.1) is 84.8 Å². The molecule has 0 bridgehead atoms. The molecule has 2 saturated heterocycles. The Hall–Kier alpha value is -8.17. The maximum Gasteiger partial charge on any atom is 0.338 e. The van der Waals surface area contributed by atoms with Gasteiger partial charge in [0.2, 0.25) is 0 Å². The van der Waals surface area contributed by atoms with Crippen LogP contribution in [0.1, 0.15) is 53.3 Å². The standard InChI is InChI=1S/C66H68O18/c1-70-50-29-21-43(22-30-50)37-75-41-54-56(76-38-44-23-31-51(71-2)32-24-44)58(77-39-45-25-33-52(72-3)34-26-45)60(78-40-46-27-35-53(73-4)36-28-46)66(81-54)79-42-55-57(82-62(67)47-15-9-6-10-16-47)59(83-63(68)48-17-11-7-12-18-48)61(65(74-5)80-55)84-64(69)49-19-13-8-14-20-49/h6-36,54-61,65-66H,37-42H2,1-5H3/t54-,55-,56-,57-,58+,59+,60-,61-,65+,66-/m1/s1. The van der Waals surface area contributed by atoms with Crippen LogP contribution in [0.3, 0.4) is 0 Å². The lowest BCUT2D eigenvalue weighted by molar-refractivity contribution is -0.343. The largest absolute Gasteiger partial charge is 0.497 e. The Bertz CT molecular complexity index is 3110. The van der Waals surface area contributed by atoms with E-state index in [2.05, 4.69) is 0 Å². The Morgan fingerprint density at radius 3 is 1.08 bits per heavy atom. The molecule has 7 aromatic rings. The number of methoxy groups -OCH3 is 5. The smallest absolute Gasteiger partial charge is 0.338 e. The fourth-order valence-electron chi connectivity index (χ4n) is 9.56. The van der Waals surface area contributed by atoms with E-state index in [4.69, 9.17) is 71.1 Å². The zero-order valence-electron chi connectivity index (χ0n) is 47.3. The molecule has 7 aromatic carbocycles.